The zero-order valence-corrected chi connectivity index (χ0v) is 6.14. The molecule has 1 atom stereocenters. The van der Waals surface area contributed by atoms with Crippen LogP contribution in [0.2, 0.25) is 0 Å². The number of hydrogen-bond acceptors (Lipinski definition) is 5. The molecule has 0 saturated heterocycles. The van der Waals surface area contributed by atoms with Crippen LogP contribution in [0, 0.1) is 10.1 Å². The summed E-state index contributed by atoms with van der Waals surface area (Å²) in [6, 6.07) is 1.88. The number of rotatable bonds is 3. The van der Waals surface area contributed by atoms with E-state index in [1.54, 1.807) is 0 Å². The van der Waals surface area contributed by atoms with Crippen molar-refractivity contribution >= 4 is 5.88 Å². The number of nitrogens with two attached hydrogens (primary N) is 1. The Kier molecular flexibility index (Phi) is 2.41. The smallest absolute Gasteiger partial charge is 0.404 e. The third-order valence-corrected chi connectivity index (χ3v) is 1.35. The fraction of sp³-hybridized carbons (Fsp3) is 0.333. The second-order valence-corrected chi connectivity index (χ2v) is 2.22. The summed E-state index contributed by atoms with van der Waals surface area (Å²) >= 11 is 0. The molecular weight excluding hydrogens is 164 g/mol. The van der Waals surface area contributed by atoms with Crippen molar-refractivity contribution in [1.29, 1.82) is 0 Å². The Hall–Kier alpha value is -1.40. The lowest BCUT2D eigenvalue weighted by atomic mass is 10.2. The van der Waals surface area contributed by atoms with Gasteiger partial charge in [0.2, 0.25) is 0 Å². The van der Waals surface area contributed by atoms with Crippen LogP contribution in [0.4, 0.5) is 5.88 Å². The molecule has 0 radical (unpaired) electrons. The standard InChI is InChI=1S/C6H8N2O4/c7-4(3-9)5-1-2-6(12-5)8(10)11/h1-2,4,9H,3,7H2. The van der Waals surface area contributed by atoms with Gasteiger partial charge in [-0.2, -0.15) is 0 Å². The fourth-order valence-corrected chi connectivity index (χ4v) is 0.730. The summed E-state index contributed by atoms with van der Waals surface area (Å²) in [5, 5.41) is 18.7. The van der Waals surface area contributed by atoms with Gasteiger partial charge in [-0.1, -0.05) is 0 Å². The summed E-state index contributed by atoms with van der Waals surface area (Å²) in [4.78, 5) is 9.47. The molecule has 0 amide bonds. The van der Waals surface area contributed by atoms with E-state index in [4.69, 9.17) is 15.3 Å². The van der Waals surface area contributed by atoms with Crippen molar-refractivity contribution in [2.75, 3.05) is 6.61 Å². The van der Waals surface area contributed by atoms with Crippen molar-refractivity contribution in [2.24, 2.45) is 5.73 Å². The van der Waals surface area contributed by atoms with E-state index in [1.165, 1.54) is 12.1 Å². The van der Waals surface area contributed by atoms with Gasteiger partial charge in [0, 0.05) is 0 Å². The number of nitro groups is 1. The van der Waals surface area contributed by atoms with E-state index >= 15 is 0 Å². The molecule has 12 heavy (non-hydrogen) atoms. The van der Waals surface area contributed by atoms with Crippen molar-refractivity contribution in [3.8, 4) is 0 Å². The molecule has 0 saturated carbocycles. The molecular formula is C6H8N2O4. The van der Waals surface area contributed by atoms with Gasteiger partial charge in [-0.15, -0.1) is 0 Å². The number of aliphatic hydroxyl groups is 1. The van der Waals surface area contributed by atoms with Crippen LogP contribution in [-0.2, 0) is 0 Å². The lowest BCUT2D eigenvalue weighted by Crippen LogP contribution is -2.13. The van der Waals surface area contributed by atoms with Gasteiger partial charge in [0.25, 0.3) is 0 Å². The van der Waals surface area contributed by atoms with Crippen LogP contribution >= 0.6 is 0 Å². The predicted molar refractivity (Wildman–Crippen MR) is 39.4 cm³/mol. The summed E-state index contributed by atoms with van der Waals surface area (Å²) in [5.41, 5.74) is 5.34. The first kappa shape index (κ1) is 8.69. The van der Waals surface area contributed by atoms with Gasteiger partial charge in [0.15, 0.2) is 0 Å². The highest BCUT2D eigenvalue weighted by Gasteiger charge is 2.15. The molecule has 6 heteroatoms. The van der Waals surface area contributed by atoms with Crippen LogP contribution in [0.1, 0.15) is 11.8 Å². The molecule has 0 aliphatic heterocycles. The summed E-state index contributed by atoms with van der Waals surface area (Å²) < 4.78 is 4.71. The molecule has 6 nitrogen and oxygen atoms in total. The maximum atomic E-state index is 10.1. The Morgan fingerprint density at radius 2 is 2.42 bits per heavy atom. The molecule has 0 aliphatic carbocycles. The number of hydrogen-bond donors (Lipinski definition) is 2. The number of furan rings is 1. The van der Waals surface area contributed by atoms with E-state index < -0.39 is 11.0 Å². The summed E-state index contributed by atoms with van der Waals surface area (Å²) in [5.74, 6) is -0.155. The highest BCUT2D eigenvalue weighted by molar-refractivity contribution is 5.19. The molecule has 66 valence electrons. The van der Waals surface area contributed by atoms with Crippen LogP contribution < -0.4 is 5.73 Å². The van der Waals surface area contributed by atoms with Gasteiger partial charge in [-0.3, -0.25) is 10.1 Å². The summed E-state index contributed by atoms with van der Waals surface area (Å²) in [6.45, 7) is -0.301. The van der Waals surface area contributed by atoms with Gasteiger partial charge in [-0.05, 0) is 6.07 Å². The zero-order chi connectivity index (χ0) is 9.14. The van der Waals surface area contributed by atoms with E-state index in [1.807, 2.05) is 0 Å². The van der Waals surface area contributed by atoms with Crippen LogP contribution in [0.5, 0.6) is 0 Å². The summed E-state index contributed by atoms with van der Waals surface area (Å²) in [7, 11) is 0. The summed E-state index contributed by atoms with van der Waals surface area (Å²) in [6.07, 6.45) is 0. The minimum Gasteiger partial charge on any atom is -0.404 e. The minimum absolute atomic E-state index is 0.212. The Bertz CT molecular complexity index is 283. The third-order valence-electron chi connectivity index (χ3n) is 1.35. The molecule has 3 N–H and O–H groups in total. The first-order valence-corrected chi connectivity index (χ1v) is 3.25. The number of aliphatic hydroxyl groups excluding tert-OH is 1. The Balaban J connectivity index is 2.84. The fourth-order valence-electron chi connectivity index (χ4n) is 0.730. The van der Waals surface area contributed by atoms with Crippen molar-refractivity contribution in [2.45, 2.75) is 6.04 Å². The van der Waals surface area contributed by atoms with Gasteiger partial charge < -0.3 is 15.3 Å². The maximum Gasteiger partial charge on any atom is 0.433 e. The molecule has 0 aliphatic rings. The van der Waals surface area contributed by atoms with Gasteiger partial charge >= 0.3 is 5.88 Å². The topological polar surface area (TPSA) is 103 Å². The molecule has 0 spiro atoms. The molecule has 1 aromatic rings. The first-order chi connectivity index (χ1) is 5.65. The molecule has 1 rings (SSSR count). The van der Waals surface area contributed by atoms with Crippen molar-refractivity contribution in [3.05, 3.63) is 28.0 Å². The maximum absolute atomic E-state index is 10.1. The van der Waals surface area contributed by atoms with Crippen LogP contribution in [-0.4, -0.2) is 16.6 Å². The molecule has 1 unspecified atom stereocenters. The quantitative estimate of drug-likeness (QED) is 0.500. The second kappa shape index (κ2) is 3.33. The van der Waals surface area contributed by atoms with E-state index in [2.05, 4.69) is 0 Å². The van der Waals surface area contributed by atoms with Crippen molar-refractivity contribution in [1.82, 2.24) is 0 Å². The Labute approximate surface area is 67.7 Å². The lowest BCUT2D eigenvalue weighted by Gasteiger charge is -2.00. The Morgan fingerprint density at radius 3 is 2.83 bits per heavy atom. The van der Waals surface area contributed by atoms with Gasteiger partial charge in [0.05, 0.1) is 18.7 Å². The average Bonchev–Trinajstić information content (AvgIpc) is 2.51. The van der Waals surface area contributed by atoms with E-state index in [-0.39, 0.29) is 18.3 Å². The van der Waals surface area contributed by atoms with Gasteiger partial charge in [0.1, 0.15) is 10.7 Å². The SMILES string of the molecule is NC(CO)c1ccc([N+](=O)[O-])o1. The van der Waals surface area contributed by atoms with E-state index in [0.29, 0.717) is 0 Å². The monoisotopic (exact) mass is 172 g/mol. The second-order valence-electron chi connectivity index (χ2n) is 2.22. The molecule has 0 bridgehead atoms. The normalized spacial score (nSPS) is 12.8. The highest BCUT2D eigenvalue weighted by atomic mass is 16.6. The lowest BCUT2D eigenvalue weighted by molar-refractivity contribution is -0.402. The predicted octanol–water partition coefficient (Wildman–Crippen LogP) is 0.180. The largest absolute Gasteiger partial charge is 0.433 e. The Morgan fingerprint density at radius 1 is 1.75 bits per heavy atom. The van der Waals surface area contributed by atoms with Crippen LogP contribution in [0.25, 0.3) is 0 Å². The first-order valence-electron chi connectivity index (χ1n) is 3.25. The van der Waals surface area contributed by atoms with Crippen molar-refractivity contribution in [3.63, 3.8) is 0 Å². The molecule has 0 aromatic carbocycles. The van der Waals surface area contributed by atoms with Gasteiger partial charge in [-0.25, -0.2) is 0 Å². The zero-order valence-electron chi connectivity index (χ0n) is 6.14. The van der Waals surface area contributed by atoms with E-state index in [9.17, 15) is 10.1 Å². The molecule has 1 aromatic heterocycles. The van der Waals surface area contributed by atoms with Crippen LogP contribution in [0.3, 0.4) is 0 Å². The van der Waals surface area contributed by atoms with E-state index in [0.717, 1.165) is 0 Å². The average molecular weight is 172 g/mol. The number of nitrogens with zero attached hydrogens (tertiary/aromatic N) is 1. The van der Waals surface area contributed by atoms with Crippen LogP contribution in [0.15, 0.2) is 16.5 Å². The molecule has 1 heterocycles. The highest BCUT2D eigenvalue weighted by Crippen LogP contribution is 2.19. The minimum atomic E-state index is -0.696. The third kappa shape index (κ3) is 1.60. The van der Waals surface area contributed by atoms with Crippen molar-refractivity contribution < 1.29 is 14.4 Å². The molecule has 0 fully saturated rings.